The van der Waals surface area contributed by atoms with Gasteiger partial charge in [-0.25, -0.2) is 0 Å². The van der Waals surface area contributed by atoms with E-state index in [4.69, 9.17) is 23.4 Å². The van der Waals surface area contributed by atoms with Crippen LogP contribution in [0, 0.1) is 5.92 Å². The van der Waals surface area contributed by atoms with Gasteiger partial charge in [0.1, 0.15) is 17.6 Å². The van der Waals surface area contributed by atoms with E-state index in [0.717, 1.165) is 35.5 Å². The van der Waals surface area contributed by atoms with E-state index in [1.807, 2.05) is 61.5 Å². The molecule has 0 aliphatic rings. The lowest BCUT2D eigenvalue weighted by Gasteiger charge is -2.37. The van der Waals surface area contributed by atoms with E-state index < -0.39 is 26.6 Å². The number of Topliss-reactive ketones (excluding diaryl/α,β-unsaturated/α-hetero) is 1. The summed E-state index contributed by atoms with van der Waals surface area (Å²) in [7, 11) is 1.23. The molecule has 0 bridgehead atoms. The van der Waals surface area contributed by atoms with Crippen LogP contribution in [0.2, 0.25) is 18.1 Å². The summed E-state index contributed by atoms with van der Waals surface area (Å²) in [6.45, 7) is 17.7. The zero-order valence-corrected chi connectivity index (χ0v) is 28.6. The van der Waals surface area contributed by atoms with E-state index in [0.29, 0.717) is 19.6 Å². The van der Waals surface area contributed by atoms with Crippen LogP contribution in [0.3, 0.4) is 0 Å². The van der Waals surface area contributed by atoms with E-state index >= 15 is 0 Å². The smallest absolute Gasteiger partial charge is 0.191 e. The summed E-state index contributed by atoms with van der Waals surface area (Å²) in [5.41, 5.74) is 1.86. The van der Waals surface area contributed by atoms with Crippen molar-refractivity contribution in [1.82, 2.24) is 0 Å². The monoisotopic (exact) mass is 614 g/mol. The largest absolute Gasteiger partial charge is 0.497 e. The Hall–Kier alpha value is -2.49. The van der Waals surface area contributed by atoms with Gasteiger partial charge in [0.05, 0.1) is 39.6 Å². The van der Waals surface area contributed by atoms with Gasteiger partial charge in [-0.1, -0.05) is 58.0 Å². The number of methoxy groups -OCH3 is 2. The lowest BCUT2D eigenvalue weighted by molar-refractivity contribution is -0.149. The molecular weight excluding hydrogens is 560 g/mol. The van der Waals surface area contributed by atoms with E-state index in [1.54, 1.807) is 14.2 Å². The molecular formula is C35H54O7Si. The Balaban J connectivity index is 2.31. The topological polar surface area (TPSA) is 83.5 Å². The first-order valence-electron chi connectivity index (χ1n) is 15.3. The molecule has 0 amide bonds. The van der Waals surface area contributed by atoms with Crippen LogP contribution in [0.4, 0.5) is 0 Å². The second kappa shape index (κ2) is 17.7. The molecule has 0 unspecified atom stereocenters. The first-order valence-corrected chi connectivity index (χ1v) is 18.2. The van der Waals surface area contributed by atoms with Gasteiger partial charge in [-0.05, 0) is 78.7 Å². The van der Waals surface area contributed by atoms with Crippen LogP contribution in [0.5, 0.6) is 11.5 Å². The molecule has 7 nitrogen and oxygen atoms in total. The van der Waals surface area contributed by atoms with Crippen LogP contribution < -0.4 is 9.47 Å². The fourth-order valence-electron chi connectivity index (χ4n) is 4.31. The van der Waals surface area contributed by atoms with E-state index in [-0.39, 0.29) is 29.8 Å². The Morgan fingerprint density at radius 2 is 1.42 bits per heavy atom. The van der Waals surface area contributed by atoms with Crippen molar-refractivity contribution in [2.75, 3.05) is 20.8 Å². The highest BCUT2D eigenvalue weighted by Crippen LogP contribution is 2.36. The molecule has 0 spiro atoms. The molecule has 0 saturated carbocycles. The second-order valence-corrected chi connectivity index (χ2v) is 17.6. The predicted molar refractivity (Wildman–Crippen MR) is 175 cm³/mol. The minimum atomic E-state index is -2.02. The Bertz CT molecular complexity index is 1090. The average Bonchev–Trinajstić information content (AvgIpc) is 2.98. The van der Waals surface area contributed by atoms with E-state index in [2.05, 4.69) is 40.4 Å². The maximum Gasteiger partial charge on any atom is 0.191 e. The van der Waals surface area contributed by atoms with Gasteiger partial charge in [0, 0.05) is 13.0 Å². The standard InChI is InChI=1S/C35H54O7Si/c1-10-11-12-26(2)31(36)23-32(37)34(41-25-28-15-19-30(39-7)20-16-28)33(21-22-42-43(8,9)35(3,4)5)40-24-27-13-17-29(38-6)18-14-27/h10,13-20,26,31,33-34,36H,1,11-12,21-25H2,2-9H3/t26-,31-,33+,34+/m1/s1. The Kier molecular flexibility index (Phi) is 15.1. The summed E-state index contributed by atoms with van der Waals surface area (Å²) in [5, 5.41) is 11.0. The zero-order chi connectivity index (χ0) is 32.0. The van der Waals surface area contributed by atoms with Crippen LogP contribution in [0.15, 0.2) is 61.2 Å². The van der Waals surface area contributed by atoms with Crippen molar-refractivity contribution in [2.45, 2.75) is 103 Å². The number of carbonyl (C=O) groups is 1. The van der Waals surface area contributed by atoms with Crippen molar-refractivity contribution in [1.29, 1.82) is 0 Å². The normalized spacial score (nSPS) is 14.9. The molecule has 0 fully saturated rings. The molecule has 4 atom stereocenters. The summed E-state index contributed by atoms with van der Waals surface area (Å²) >= 11 is 0. The summed E-state index contributed by atoms with van der Waals surface area (Å²) in [6.07, 6.45) is 1.58. The molecule has 43 heavy (non-hydrogen) atoms. The minimum absolute atomic E-state index is 0.0168. The molecule has 2 aromatic carbocycles. The number of rotatable bonds is 20. The Morgan fingerprint density at radius 3 is 1.88 bits per heavy atom. The third-order valence-corrected chi connectivity index (χ3v) is 13.0. The Labute approximate surface area is 260 Å². The van der Waals surface area contributed by atoms with Gasteiger partial charge >= 0.3 is 0 Å². The molecule has 2 rings (SSSR count). The molecule has 0 aliphatic heterocycles. The highest BCUT2D eigenvalue weighted by atomic mass is 28.4. The van der Waals surface area contributed by atoms with Crippen LogP contribution in [0.1, 0.15) is 64.5 Å². The molecule has 240 valence electrons. The van der Waals surface area contributed by atoms with Gasteiger partial charge in [0.25, 0.3) is 0 Å². The molecule has 8 heteroatoms. The van der Waals surface area contributed by atoms with E-state index in [1.165, 1.54) is 0 Å². The molecule has 0 heterocycles. The number of aliphatic hydroxyl groups is 1. The van der Waals surface area contributed by atoms with Crippen LogP contribution in [0.25, 0.3) is 0 Å². The summed E-state index contributed by atoms with van der Waals surface area (Å²) in [6, 6.07) is 15.2. The molecule has 2 aromatic rings. The van der Waals surface area contributed by atoms with Crippen molar-refractivity contribution in [3.63, 3.8) is 0 Å². The molecule has 0 saturated heterocycles. The number of aliphatic hydroxyl groups excluding tert-OH is 1. The summed E-state index contributed by atoms with van der Waals surface area (Å²) in [4.78, 5) is 13.9. The lowest BCUT2D eigenvalue weighted by atomic mass is 9.92. The van der Waals surface area contributed by atoms with Gasteiger partial charge < -0.3 is 28.5 Å². The predicted octanol–water partition coefficient (Wildman–Crippen LogP) is 7.51. The number of carbonyl (C=O) groups excluding carboxylic acids is 1. The lowest BCUT2D eigenvalue weighted by Crippen LogP contribution is -2.44. The maximum atomic E-state index is 13.9. The summed E-state index contributed by atoms with van der Waals surface area (Å²) in [5.74, 6) is 1.28. The van der Waals surface area contributed by atoms with Crippen molar-refractivity contribution in [3.05, 3.63) is 72.3 Å². The highest BCUT2D eigenvalue weighted by molar-refractivity contribution is 6.74. The van der Waals surface area contributed by atoms with Gasteiger partial charge in [0.15, 0.2) is 14.1 Å². The van der Waals surface area contributed by atoms with Crippen molar-refractivity contribution in [3.8, 4) is 11.5 Å². The first kappa shape index (κ1) is 36.7. The maximum absolute atomic E-state index is 13.9. The van der Waals surface area contributed by atoms with E-state index in [9.17, 15) is 9.90 Å². The fourth-order valence-corrected chi connectivity index (χ4v) is 5.37. The van der Waals surface area contributed by atoms with Crippen molar-refractivity contribution in [2.24, 2.45) is 5.92 Å². The fraction of sp³-hybridized carbons (Fsp3) is 0.571. The molecule has 0 radical (unpaired) electrons. The van der Waals surface area contributed by atoms with Crippen LogP contribution in [-0.4, -0.2) is 58.3 Å². The molecule has 0 aliphatic carbocycles. The molecule has 0 aromatic heterocycles. The van der Waals surface area contributed by atoms with Crippen molar-refractivity contribution >= 4 is 14.1 Å². The van der Waals surface area contributed by atoms with Crippen LogP contribution in [-0.2, 0) is 31.9 Å². The summed E-state index contributed by atoms with van der Waals surface area (Å²) < 4.78 is 29.9. The number of ether oxygens (including phenoxy) is 4. The minimum Gasteiger partial charge on any atom is -0.497 e. The highest BCUT2D eigenvalue weighted by Gasteiger charge is 2.38. The quantitative estimate of drug-likeness (QED) is 0.122. The van der Waals surface area contributed by atoms with Gasteiger partial charge in [-0.15, -0.1) is 6.58 Å². The number of allylic oxidation sites excluding steroid dienone is 1. The Morgan fingerprint density at radius 1 is 0.907 bits per heavy atom. The second-order valence-electron chi connectivity index (χ2n) is 12.8. The third kappa shape index (κ3) is 12.2. The number of hydrogen-bond donors (Lipinski definition) is 1. The third-order valence-electron chi connectivity index (χ3n) is 8.43. The number of hydrogen-bond acceptors (Lipinski definition) is 7. The van der Waals surface area contributed by atoms with Gasteiger partial charge in [0.2, 0.25) is 0 Å². The number of benzene rings is 2. The van der Waals surface area contributed by atoms with Gasteiger partial charge in [-0.2, -0.15) is 0 Å². The molecule has 1 N–H and O–H groups in total. The number of ketones is 1. The average molecular weight is 615 g/mol. The van der Waals surface area contributed by atoms with Crippen LogP contribution >= 0.6 is 0 Å². The van der Waals surface area contributed by atoms with Gasteiger partial charge in [-0.3, -0.25) is 4.79 Å². The van der Waals surface area contributed by atoms with Crippen molar-refractivity contribution < 1.29 is 33.3 Å². The SMILES string of the molecule is C=CCC[C@@H](C)[C@H](O)CC(=O)[C@H](OCc1ccc(OC)cc1)[C@H](CCO[Si](C)(C)C(C)(C)C)OCc1ccc(OC)cc1. The first-order chi connectivity index (χ1) is 20.3. The zero-order valence-electron chi connectivity index (χ0n) is 27.6.